The second-order valence-electron chi connectivity index (χ2n) is 3.80. The standard InChI is InChI=1S/C10H7ClOS.C4H10/c1-6(12)10-9(11)7-4-2-3-5-8(7)13-10;1-3-4-2/h2-5H,1H3;3-4H2,1-2H3. The molecule has 0 spiro atoms. The normalized spacial score (nSPS) is 9.88. The molecule has 1 nitrogen and oxygen atoms in total. The number of hydrogen-bond donors (Lipinski definition) is 0. The Labute approximate surface area is 111 Å². The molecule has 0 atom stereocenters. The highest BCUT2D eigenvalue weighted by Gasteiger charge is 2.12. The van der Waals surface area contributed by atoms with Gasteiger partial charge in [-0.15, -0.1) is 11.3 Å². The predicted octanol–water partition coefficient (Wildman–Crippen LogP) is 5.56. The molecule has 0 saturated heterocycles. The highest BCUT2D eigenvalue weighted by molar-refractivity contribution is 7.21. The van der Waals surface area contributed by atoms with Crippen LogP contribution in [0.1, 0.15) is 43.3 Å². The predicted molar refractivity (Wildman–Crippen MR) is 77.4 cm³/mol. The molecule has 0 aliphatic rings. The van der Waals surface area contributed by atoms with Crippen LogP contribution in [-0.4, -0.2) is 5.78 Å². The zero-order valence-corrected chi connectivity index (χ0v) is 12.0. The SMILES string of the molecule is CC(=O)c1sc2ccccc2c1Cl.CCCC. The van der Waals surface area contributed by atoms with E-state index < -0.39 is 0 Å². The summed E-state index contributed by atoms with van der Waals surface area (Å²) in [6, 6.07) is 7.77. The van der Waals surface area contributed by atoms with E-state index in [1.165, 1.54) is 31.1 Å². The summed E-state index contributed by atoms with van der Waals surface area (Å²) in [4.78, 5) is 11.8. The van der Waals surface area contributed by atoms with Crippen molar-refractivity contribution in [2.45, 2.75) is 33.6 Å². The molecule has 17 heavy (non-hydrogen) atoms. The number of carbonyl (C=O) groups excluding carboxylic acids is 1. The first-order valence-electron chi connectivity index (χ1n) is 5.79. The summed E-state index contributed by atoms with van der Waals surface area (Å²) in [7, 11) is 0. The van der Waals surface area contributed by atoms with Crippen LogP contribution in [0.25, 0.3) is 10.1 Å². The van der Waals surface area contributed by atoms with Crippen LogP contribution in [0, 0.1) is 0 Å². The smallest absolute Gasteiger partial charge is 0.171 e. The van der Waals surface area contributed by atoms with Gasteiger partial charge in [0.25, 0.3) is 0 Å². The van der Waals surface area contributed by atoms with Crippen molar-refractivity contribution in [2.24, 2.45) is 0 Å². The minimum Gasteiger partial charge on any atom is -0.294 e. The highest BCUT2D eigenvalue weighted by atomic mass is 35.5. The molecule has 0 fully saturated rings. The Morgan fingerprint density at radius 2 is 1.82 bits per heavy atom. The maximum absolute atomic E-state index is 11.2. The van der Waals surface area contributed by atoms with Crippen molar-refractivity contribution >= 4 is 38.8 Å². The molecule has 0 aliphatic carbocycles. The molecule has 2 aromatic rings. The first kappa shape index (κ1) is 14.2. The minimum atomic E-state index is 0.0335. The summed E-state index contributed by atoms with van der Waals surface area (Å²) in [6.45, 7) is 5.90. The summed E-state index contributed by atoms with van der Waals surface area (Å²) in [5, 5.41) is 1.56. The molecule has 3 heteroatoms. The quantitative estimate of drug-likeness (QED) is 0.651. The number of carbonyl (C=O) groups is 1. The van der Waals surface area contributed by atoms with Gasteiger partial charge in [-0.2, -0.15) is 0 Å². The van der Waals surface area contributed by atoms with E-state index in [0.29, 0.717) is 9.90 Å². The van der Waals surface area contributed by atoms with E-state index in [2.05, 4.69) is 13.8 Å². The molecule has 1 aromatic heterocycles. The van der Waals surface area contributed by atoms with Gasteiger partial charge in [0.1, 0.15) is 0 Å². The number of thiophene rings is 1. The van der Waals surface area contributed by atoms with Crippen LogP contribution in [-0.2, 0) is 0 Å². The minimum absolute atomic E-state index is 0.0335. The number of fused-ring (bicyclic) bond motifs is 1. The van der Waals surface area contributed by atoms with Crippen molar-refractivity contribution in [3.63, 3.8) is 0 Å². The lowest BCUT2D eigenvalue weighted by Gasteiger charge is -1.88. The average Bonchev–Trinajstić information content (AvgIpc) is 2.68. The highest BCUT2D eigenvalue weighted by Crippen LogP contribution is 2.35. The van der Waals surface area contributed by atoms with E-state index in [-0.39, 0.29) is 5.78 Å². The van der Waals surface area contributed by atoms with Gasteiger partial charge in [0.05, 0.1) is 9.90 Å². The van der Waals surface area contributed by atoms with Gasteiger partial charge in [0, 0.05) is 17.0 Å². The lowest BCUT2D eigenvalue weighted by Crippen LogP contribution is -1.85. The van der Waals surface area contributed by atoms with Crippen molar-refractivity contribution in [1.29, 1.82) is 0 Å². The third-order valence-corrected chi connectivity index (χ3v) is 4.13. The molecule has 0 unspecified atom stereocenters. The number of unbranched alkanes of at least 4 members (excludes halogenated alkanes) is 1. The summed E-state index contributed by atoms with van der Waals surface area (Å²) in [5.41, 5.74) is 0. The van der Waals surface area contributed by atoms with Gasteiger partial charge in [0.15, 0.2) is 5.78 Å². The molecule has 0 aliphatic heterocycles. The number of Topliss-reactive ketones (excluding diaryl/α,β-unsaturated/α-hetero) is 1. The van der Waals surface area contributed by atoms with Crippen LogP contribution < -0.4 is 0 Å². The second-order valence-corrected chi connectivity index (χ2v) is 5.23. The zero-order chi connectivity index (χ0) is 12.8. The van der Waals surface area contributed by atoms with Crippen LogP contribution in [0.4, 0.5) is 0 Å². The van der Waals surface area contributed by atoms with E-state index in [1.54, 1.807) is 0 Å². The van der Waals surface area contributed by atoms with Crippen molar-refractivity contribution in [3.05, 3.63) is 34.2 Å². The fourth-order valence-electron chi connectivity index (χ4n) is 1.24. The Bertz CT molecular complexity index is 500. The van der Waals surface area contributed by atoms with E-state index in [0.717, 1.165) is 10.1 Å². The van der Waals surface area contributed by atoms with Crippen LogP contribution in [0.2, 0.25) is 5.02 Å². The Balaban J connectivity index is 0.000000317. The fraction of sp³-hybridized carbons (Fsp3) is 0.357. The topological polar surface area (TPSA) is 17.1 Å². The van der Waals surface area contributed by atoms with Crippen LogP contribution in [0.5, 0.6) is 0 Å². The molecule has 1 heterocycles. The third-order valence-electron chi connectivity index (χ3n) is 2.35. The van der Waals surface area contributed by atoms with Gasteiger partial charge in [-0.25, -0.2) is 0 Å². The van der Waals surface area contributed by atoms with Gasteiger partial charge in [-0.1, -0.05) is 56.5 Å². The van der Waals surface area contributed by atoms with Crippen LogP contribution in [0.15, 0.2) is 24.3 Å². The van der Waals surface area contributed by atoms with Gasteiger partial charge >= 0.3 is 0 Å². The zero-order valence-electron chi connectivity index (χ0n) is 10.4. The first-order valence-corrected chi connectivity index (χ1v) is 6.99. The van der Waals surface area contributed by atoms with Crippen LogP contribution >= 0.6 is 22.9 Å². The Morgan fingerprint density at radius 3 is 2.29 bits per heavy atom. The molecular weight excluding hydrogens is 252 g/mol. The largest absolute Gasteiger partial charge is 0.294 e. The molecule has 92 valence electrons. The van der Waals surface area contributed by atoms with Crippen molar-refractivity contribution in [2.75, 3.05) is 0 Å². The number of rotatable bonds is 2. The Kier molecular flexibility index (Phi) is 5.66. The van der Waals surface area contributed by atoms with Gasteiger partial charge < -0.3 is 0 Å². The van der Waals surface area contributed by atoms with Crippen molar-refractivity contribution < 1.29 is 4.79 Å². The van der Waals surface area contributed by atoms with Crippen LogP contribution in [0.3, 0.4) is 0 Å². The second kappa shape index (κ2) is 6.77. The van der Waals surface area contributed by atoms with Crippen molar-refractivity contribution in [1.82, 2.24) is 0 Å². The number of benzene rings is 1. The number of hydrogen-bond acceptors (Lipinski definition) is 2. The van der Waals surface area contributed by atoms with E-state index in [1.807, 2.05) is 24.3 Å². The van der Waals surface area contributed by atoms with Gasteiger partial charge in [-0.05, 0) is 6.07 Å². The van der Waals surface area contributed by atoms with Gasteiger partial charge in [0.2, 0.25) is 0 Å². The molecule has 0 radical (unpaired) electrons. The summed E-state index contributed by atoms with van der Waals surface area (Å²) >= 11 is 7.49. The number of ketones is 1. The molecule has 2 rings (SSSR count). The summed E-state index contributed by atoms with van der Waals surface area (Å²) < 4.78 is 1.07. The lowest BCUT2D eigenvalue weighted by molar-refractivity contribution is 0.102. The Hall–Kier alpha value is -0.860. The van der Waals surface area contributed by atoms with E-state index in [4.69, 9.17) is 11.6 Å². The lowest BCUT2D eigenvalue weighted by atomic mass is 10.2. The molecule has 0 saturated carbocycles. The van der Waals surface area contributed by atoms with Crippen molar-refractivity contribution in [3.8, 4) is 0 Å². The molecule has 0 N–H and O–H groups in total. The summed E-state index contributed by atoms with van der Waals surface area (Å²) in [5.74, 6) is 0.0335. The van der Waals surface area contributed by atoms with Gasteiger partial charge in [-0.3, -0.25) is 4.79 Å². The molecule has 0 bridgehead atoms. The first-order chi connectivity index (χ1) is 8.11. The fourth-order valence-corrected chi connectivity index (χ4v) is 2.70. The molecule has 1 aromatic carbocycles. The maximum atomic E-state index is 11.2. The molecular formula is C14H17ClOS. The average molecular weight is 269 g/mol. The van der Waals surface area contributed by atoms with E-state index in [9.17, 15) is 4.79 Å². The third kappa shape index (κ3) is 3.55. The molecule has 0 amide bonds. The maximum Gasteiger partial charge on any atom is 0.171 e. The summed E-state index contributed by atoms with van der Waals surface area (Å²) in [6.07, 6.45) is 2.64. The Morgan fingerprint density at radius 1 is 1.24 bits per heavy atom. The monoisotopic (exact) mass is 268 g/mol. The number of halogens is 1. The van der Waals surface area contributed by atoms with E-state index >= 15 is 0 Å².